The molecule has 7 heteroatoms. The van der Waals surface area contributed by atoms with Gasteiger partial charge in [0, 0.05) is 19.6 Å². The highest BCUT2D eigenvalue weighted by molar-refractivity contribution is 7.90. The van der Waals surface area contributed by atoms with E-state index in [2.05, 4.69) is 4.72 Å². The molecule has 2 fully saturated rings. The average Bonchev–Trinajstić information content (AvgIpc) is 2.72. The number of nitrogens with zero attached hydrogens (tertiary/aromatic N) is 1. The number of ether oxygens (including phenoxy) is 1. The van der Waals surface area contributed by atoms with Gasteiger partial charge in [0.1, 0.15) is 5.75 Å². The molecule has 0 atom stereocenters. The van der Waals surface area contributed by atoms with Crippen LogP contribution in [-0.4, -0.2) is 50.7 Å². The van der Waals surface area contributed by atoms with Gasteiger partial charge in [-0.05, 0) is 43.7 Å². The highest BCUT2D eigenvalue weighted by Gasteiger charge is 2.29. The van der Waals surface area contributed by atoms with Crippen LogP contribution in [0.2, 0.25) is 0 Å². The van der Waals surface area contributed by atoms with Crippen molar-refractivity contribution in [3.63, 3.8) is 0 Å². The van der Waals surface area contributed by atoms with Crippen LogP contribution in [0.25, 0.3) is 0 Å². The second-order valence-corrected chi connectivity index (χ2v) is 9.62. The third kappa shape index (κ3) is 5.94. The number of benzene rings is 1. The van der Waals surface area contributed by atoms with E-state index >= 15 is 0 Å². The number of hydrogen-bond acceptors (Lipinski definition) is 4. The molecular formula is C20H30N2O4S. The fraction of sp³-hybridized carbons (Fsp3) is 0.650. The van der Waals surface area contributed by atoms with Gasteiger partial charge in [0.25, 0.3) is 5.91 Å². The standard InChI is InChI=1S/C20H30N2O4S/c23-20(16-26-18-7-3-1-4-8-18)22-13-11-17(12-14-22)15-21-27(24,25)19-9-5-2-6-10-19/h1,3-4,7-8,17,19,21H,2,5-6,9-16H2. The summed E-state index contributed by atoms with van der Waals surface area (Å²) in [7, 11) is -3.20. The van der Waals surface area contributed by atoms with Crippen molar-refractivity contribution >= 4 is 15.9 Å². The van der Waals surface area contributed by atoms with E-state index in [4.69, 9.17) is 4.74 Å². The van der Waals surface area contributed by atoms with Crippen LogP contribution >= 0.6 is 0 Å². The minimum Gasteiger partial charge on any atom is -0.484 e. The van der Waals surface area contributed by atoms with Gasteiger partial charge in [-0.25, -0.2) is 13.1 Å². The summed E-state index contributed by atoms with van der Waals surface area (Å²) >= 11 is 0. The molecule has 1 N–H and O–H groups in total. The predicted molar refractivity (Wildman–Crippen MR) is 105 cm³/mol. The van der Waals surface area contributed by atoms with Gasteiger partial charge < -0.3 is 9.64 Å². The van der Waals surface area contributed by atoms with Crippen molar-refractivity contribution < 1.29 is 17.9 Å². The lowest BCUT2D eigenvalue weighted by atomic mass is 9.97. The van der Waals surface area contributed by atoms with Crippen molar-refractivity contribution in [1.82, 2.24) is 9.62 Å². The summed E-state index contributed by atoms with van der Waals surface area (Å²) in [5, 5.41) is -0.219. The molecule has 1 saturated heterocycles. The molecule has 27 heavy (non-hydrogen) atoms. The van der Waals surface area contributed by atoms with Gasteiger partial charge in [-0.15, -0.1) is 0 Å². The monoisotopic (exact) mass is 394 g/mol. The highest BCUT2D eigenvalue weighted by Crippen LogP contribution is 2.24. The largest absolute Gasteiger partial charge is 0.484 e. The summed E-state index contributed by atoms with van der Waals surface area (Å²) in [6, 6.07) is 9.32. The molecule has 3 rings (SSSR count). The van der Waals surface area contributed by atoms with Crippen molar-refractivity contribution in [3.8, 4) is 5.75 Å². The maximum absolute atomic E-state index is 12.4. The number of sulfonamides is 1. The molecule has 1 saturated carbocycles. The van der Waals surface area contributed by atoms with Gasteiger partial charge >= 0.3 is 0 Å². The molecule has 0 aromatic heterocycles. The van der Waals surface area contributed by atoms with Crippen molar-refractivity contribution in [1.29, 1.82) is 0 Å². The minimum atomic E-state index is -3.20. The van der Waals surface area contributed by atoms with E-state index in [1.165, 1.54) is 0 Å². The van der Waals surface area contributed by atoms with E-state index in [1.807, 2.05) is 35.2 Å². The Balaban J connectivity index is 1.37. The molecule has 0 spiro atoms. The predicted octanol–water partition coefficient (Wildman–Crippen LogP) is 2.56. The van der Waals surface area contributed by atoms with Crippen LogP contribution < -0.4 is 9.46 Å². The Hall–Kier alpha value is -1.60. The number of carbonyl (C=O) groups is 1. The molecule has 1 aromatic rings. The Morgan fingerprint density at radius 3 is 2.37 bits per heavy atom. The molecule has 1 aromatic carbocycles. The van der Waals surface area contributed by atoms with Gasteiger partial charge in [-0.2, -0.15) is 0 Å². The Kier molecular flexibility index (Phi) is 7.13. The fourth-order valence-corrected chi connectivity index (χ4v) is 5.52. The molecule has 0 unspecified atom stereocenters. The summed E-state index contributed by atoms with van der Waals surface area (Å²) in [4.78, 5) is 14.1. The summed E-state index contributed by atoms with van der Waals surface area (Å²) in [6.45, 7) is 1.85. The Labute approximate surface area is 162 Å². The van der Waals surface area contributed by atoms with Crippen LogP contribution in [0.5, 0.6) is 5.75 Å². The maximum Gasteiger partial charge on any atom is 0.260 e. The van der Waals surface area contributed by atoms with Crippen molar-refractivity contribution in [3.05, 3.63) is 30.3 Å². The quantitative estimate of drug-likeness (QED) is 0.771. The average molecular weight is 395 g/mol. The molecule has 0 bridgehead atoms. The lowest BCUT2D eigenvalue weighted by Gasteiger charge is -2.32. The molecule has 1 aliphatic heterocycles. The van der Waals surface area contributed by atoms with Crippen molar-refractivity contribution in [2.24, 2.45) is 5.92 Å². The second-order valence-electron chi connectivity index (χ2n) is 7.58. The molecule has 1 amide bonds. The third-order valence-electron chi connectivity index (χ3n) is 5.64. The highest BCUT2D eigenvalue weighted by atomic mass is 32.2. The number of nitrogens with one attached hydrogen (secondary N) is 1. The summed E-state index contributed by atoms with van der Waals surface area (Å²) in [5.74, 6) is 0.973. The van der Waals surface area contributed by atoms with E-state index in [0.29, 0.717) is 31.3 Å². The number of para-hydroxylation sites is 1. The van der Waals surface area contributed by atoms with Crippen molar-refractivity contribution in [2.45, 2.75) is 50.2 Å². The Bertz CT molecular complexity index is 694. The molecule has 1 heterocycles. The summed E-state index contributed by atoms with van der Waals surface area (Å²) in [5.41, 5.74) is 0. The van der Waals surface area contributed by atoms with Crippen LogP contribution in [0.4, 0.5) is 0 Å². The SMILES string of the molecule is O=C(COc1ccccc1)N1CCC(CNS(=O)(=O)C2CCCCC2)CC1. The molecule has 0 radical (unpaired) electrons. The number of amides is 1. The zero-order valence-corrected chi connectivity index (χ0v) is 16.6. The Morgan fingerprint density at radius 1 is 1.04 bits per heavy atom. The van der Waals surface area contributed by atoms with E-state index in [-0.39, 0.29) is 17.8 Å². The molecule has 2 aliphatic rings. The van der Waals surface area contributed by atoms with Gasteiger partial charge in [-0.3, -0.25) is 4.79 Å². The normalized spacial score (nSPS) is 19.8. The smallest absolute Gasteiger partial charge is 0.260 e. The van der Waals surface area contributed by atoms with E-state index in [0.717, 1.165) is 44.9 Å². The molecule has 1 aliphatic carbocycles. The number of likely N-dealkylation sites (tertiary alicyclic amines) is 1. The first-order chi connectivity index (χ1) is 13.0. The number of hydrogen-bond donors (Lipinski definition) is 1. The second kappa shape index (κ2) is 9.55. The molecule has 150 valence electrons. The first-order valence-electron chi connectivity index (χ1n) is 9.99. The minimum absolute atomic E-state index is 0.0138. The zero-order chi connectivity index (χ0) is 19.1. The van der Waals surface area contributed by atoms with Gasteiger partial charge in [0.05, 0.1) is 5.25 Å². The molecule has 6 nitrogen and oxygen atoms in total. The lowest BCUT2D eigenvalue weighted by molar-refractivity contribution is -0.134. The fourth-order valence-electron chi connectivity index (χ4n) is 3.87. The first-order valence-corrected chi connectivity index (χ1v) is 11.5. The van der Waals surface area contributed by atoms with Crippen LogP contribution in [-0.2, 0) is 14.8 Å². The number of rotatable bonds is 7. The summed E-state index contributed by atoms with van der Waals surface area (Å²) < 4.78 is 33.2. The van der Waals surface area contributed by atoms with Crippen LogP contribution in [0.3, 0.4) is 0 Å². The van der Waals surface area contributed by atoms with Gasteiger partial charge in [-0.1, -0.05) is 37.5 Å². The maximum atomic E-state index is 12.4. The van der Waals surface area contributed by atoms with Crippen molar-refractivity contribution in [2.75, 3.05) is 26.2 Å². The van der Waals surface area contributed by atoms with Gasteiger partial charge in [0.2, 0.25) is 10.0 Å². The number of piperidine rings is 1. The third-order valence-corrected chi connectivity index (χ3v) is 7.56. The first kappa shape index (κ1) is 20.1. The van der Waals surface area contributed by atoms with Gasteiger partial charge in [0.15, 0.2) is 6.61 Å². The van der Waals surface area contributed by atoms with Crippen LogP contribution in [0.15, 0.2) is 30.3 Å². The van der Waals surface area contributed by atoms with E-state index < -0.39 is 10.0 Å². The van der Waals surface area contributed by atoms with E-state index in [1.54, 1.807) is 0 Å². The Morgan fingerprint density at radius 2 is 1.70 bits per heavy atom. The topological polar surface area (TPSA) is 75.7 Å². The number of carbonyl (C=O) groups excluding carboxylic acids is 1. The van der Waals surface area contributed by atoms with Crippen LogP contribution in [0.1, 0.15) is 44.9 Å². The van der Waals surface area contributed by atoms with E-state index in [9.17, 15) is 13.2 Å². The lowest BCUT2D eigenvalue weighted by Crippen LogP contribution is -2.44. The summed E-state index contributed by atoms with van der Waals surface area (Å²) in [6.07, 6.45) is 6.38. The zero-order valence-electron chi connectivity index (χ0n) is 15.8. The van der Waals surface area contributed by atoms with Crippen LogP contribution in [0, 0.1) is 5.92 Å². The molecular weight excluding hydrogens is 364 g/mol.